The Bertz CT molecular complexity index is 375. The average molecular weight is 236 g/mol. The van der Waals surface area contributed by atoms with Gasteiger partial charge in [-0.1, -0.05) is 18.2 Å². The summed E-state index contributed by atoms with van der Waals surface area (Å²) in [6.07, 6.45) is 1.00. The quantitative estimate of drug-likeness (QED) is 0.784. The summed E-state index contributed by atoms with van der Waals surface area (Å²) in [6, 6.07) is 7.63. The number of amides is 1. The van der Waals surface area contributed by atoms with E-state index in [-0.39, 0.29) is 11.8 Å². The molecule has 0 saturated carbocycles. The van der Waals surface area contributed by atoms with Gasteiger partial charge < -0.3 is 11.1 Å². The van der Waals surface area contributed by atoms with E-state index in [1.807, 2.05) is 36.0 Å². The van der Waals surface area contributed by atoms with E-state index in [4.69, 9.17) is 5.73 Å². The summed E-state index contributed by atoms with van der Waals surface area (Å²) in [7, 11) is 0. The lowest BCUT2D eigenvalue weighted by Crippen LogP contribution is -2.30. The van der Waals surface area contributed by atoms with Gasteiger partial charge in [0.2, 0.25) is 5.91 Å². The van der Waals surface area contributed by atoms with Crippen LogP contribution in [0.25, 0.3) is 0 Å². The second kappa shape index (κ2) is 5.25. The van der Waals surface area contributed by atoms with E-state index in [1.165, 1.54) is 0 Å². The number of anilines is 1. The number of para-hydroxylation sites is 1. The van der Waals surface area contributed by atoms with Gasteiger partial charge in [-0.2, -0.15) is 11.8 Å². The van der Waals surface area contributed by atoms with Gasteiger partial charge in [0.25, 0.3) is 0 Å². The molecule has 16 heavy (non-hydrogen) atoms. The Morgan fingerprint density at radius 3 is 3.00 bits per heavy atom. The van der Waals surface area contributed by atoms with E-state index in [0.29, 0.717) is 6.54 Å². The molecule has 1 fully saturated rings. The summed E-state index contributed by atoms with van der Waals surface area (Å²) in [5, 5.41) is 2.95. The number of nitrogens with one attached hydrogen (secondary N) is 1. The number of rotatable bonds is 3. The van der Waals surface area contributed by atoms with Crippen molar-refractivity contribution in [2.75, 3.05) is 17.2 Å². The van der Waals surface area contributed by atoms with Crippen LogP contribution in [0.4, 0.5) is 5.69 Å². The van der Waals surface area contributed by atoms with Gasteiger partial charge in [-0.3, -0.25) is 4.79 Å². The molecule has 0 aliphatic carbocycles. The monoisotopic (exact) mass is 236 g/mol. The van der Waals surface area contributed by atoms with E-state index in [2.05, 4.69) is 5.32 Å². The predicted molar refractivity (Wildman–Crippen MR) is 68.1 cm³/mol. The molecule has 0 bridgehead atoms. The summed E-state index contributed by atoms with van der Waals surface area (Å²) in [5.74, 6) is 2.41. The maximum Gasteiger partial charge on any atom is 0.224 e. The van der Waals surface area contributed by atoms with Gasteiger partial charge in [0.15, 0.2) is 0 Å². The molecular formula is C12H16N2OS. The third kappa shape index (κ3) is 2.70. The van der Waals surface area contributed by atoms with Gasteiger partial charge in [0.1, 0.15) is 0 Å². The fraction of sp³-hybridized carbons (Fsp3) is 0.417. The fourth-order valence-electron chi connectivity index (χ4n) is 1.76. The highest BCUT2D eigenvalue weighted by atomic mass is 32.2. The van der Waals surface area contributed by atoms with Crippen LogP contribution in [0.5, 0.6) is 0 Å². The number of hydrogen-bond acceptors (Lipinski definition) is 3. The van der Waals surface area contributed by atoms with Crippen molar-refractivity contribution in [2.24, 2.45) is 5.92 Å². The first-order valence-electron chi connectivity index (χ1n) is 5.46. The number of nitrogen functional groups attached to an aromatic ring is 1. The van der Waals surface area contributed by atoms with Crippen molar-refractivity contribution in [2.45, 2.75) is 13.0 Å². The topological polar surface area (TPSA) is 55.1 Å². The Kier molecular flexibility index (Phi) is 3.72. The molecule has 2 rings (SSSR count). The molecule has 4 heteroatoms. The van der Waals surface area contributed by atoms with Crippen molar-refractivity contribution in [3.63, 3.8) is 0 Å². The van der Waals surface area contributed by atoms with Crippen molar-refractivity contribution >= 4 is 23.4 Å². The van der Waals surface area contributed by atoms with Crippen LogP contribution < -0.4 is 11.1 Å². The van der Waals surface area contributed by atoms with Crippen molar-refractivity contribution in [3.05, 3.63) is 29.8 Å². The number of carbonyl (C=O) groups excluding carboxylic acids is 1. The first kappa shape index (κ1) is 11.3. The minimum Gasteiger partial charge on any atom is -0.398 e. The zero-order valence-electron chi connectivity index (χ0n) is 9.11. The molecule has 1 atom stereocenters. The molecule has 1 aliphatic heterocycles. The number of hydrogen-bond donors (Lipinski definition) is 2. The van der Waals surface area contributed by atoms with Crippen molar-refractivity contribution < 1.29 is 4.79 Å². The predicted octanol–water partition coefficient (Wildman–Crippen LogP) is 1.64. The highest BCUT2D eigenvalue weighted by molar-refractivity contribution is 7.99. The molecule has 3 N–H and O–H groups in total. The second-order valence-corrected chi connectivity index (χ2v) is 5.13. The van der Waals surface area contributed by atoms with Gasteiger partial charge in [-0.15, -0.1) is 0 Å². The molecule has 1 aromatic carbocycles. The minimum atomic E-state index is 0.160. The van der Waals surface area contributed by atoms with Crippen LogP contribution in [0, 0.1) is 5.92 Å². The molecule has 1 aromatic rings. The third-order valence-corrected chi connectivity index (χ3v) is 3.97. The van der Waals surface area contributed by atoms with Crippen LogP contribution in [0.15, 0.2) is 24.3 Å². The highest BCUT2D eigenvalue weighted by Crippen LogP contribution is 2.23. The molecule has 1 heterocycles. The van der Waals surface area contributed by atoms with Crippen molar-refractivity contribution in [3.8, 4) is 0 Å². The summed E-state index contributed by atoms with van der Waals surface area (Å²) >= 11 is 1.85. The Hall–Kier alpha value is -1.16. The molecule has 1 amide bonds. The lowest BCUT2D eigenvalue weighted by atomic mass is 10.1. The Balaban J connectivity index is 1.87. The molecule has 1 unspecified atom stereocenters. The van der Waals surface area contributed by atoms with E-state index in [0.717, 1.165) is 29.2 Å². The molecule has 0 radical (unpaired) electrons. The molecule has 1 saturated heterocycles. The normalized spacial score (nSPS) is 19.6. The zero-order valence-corrected chi connectivity index (χ0v) is 9.93. The molecule has 0 aromatic heterocycles. The van der Waals surface area contributed by atoms with Crippen LogP contribution >= 0.6 is 11.8 Å². The Labute approximate surface area is 99.8 Å². The summed E-state index contributed by atoms with van der Waals surface area (Å²) < 4.78 is 0. The smallest absolute Gasteiger partial charge is 0.224 e. The van der Waals surface area contributed by atoms with Crippen LogP contribution in [-0.4, -0.2) is 17.4 Å². The summed E-state index contributed by atoms with van der Waals surface area (Å²) in [4.78, 5) is 11.8. The van der Waals surface area contributed by atoms with Crippen LogP contribution in [0.2, 0.25) is 0 Å². The summed E-state index contributed by atoms with van der Waals surface area (Å²) in [5.41, 5.74) is 7.53. The molecular weight excluding hydrogens is 220 g/mol. The standard InChI is InChI=1S/C12H16N2OS/c13-11-4-2-1-3-9(11)7-14-12(15)10-5-6-16-8-10/h1-4,10H,5-8,13H2,(H,14,15). The van der Waals surface area contributed by atoms with Crippen LogP contribution in [-0.2, 0) is 11.3 Å². The Morgan fingerprint density at radius 1 is 1.50 bits per heavy atom. The van der Waals surface area contributed by atoms with Crippen LogP contribution in [0.3, 0.4) is 0 Å². The number of thioether (sulfide) groups is 1. The molecule has 1 aliphatic rings. The lowest BCUT2D eigenvalue weighted by Gasteiger charge is -2.11. The maximum atomic E-state index is 11.8. The van der Waals surface area contributed by atoms with E-state index < -0.39 is 0 Å². The third-order valence-electron chi connectivity index (χ3n) is 2.81. The molecule has 86 valence electrons. The minimum absolute atomic E-state index is 0.160. The van der Waals surface area contributed by atoms with E-state index >= 15 is 0 Å². The van der Waals surface area contributed by atoms with Gasteiger partial charge >= 0.3 is 0 Å². The molecule has 0 spiro atoms. The zero-order chi connectivity index (χ0) is 11.4. The fourth-order valence-corrected chi connectivity index (χ4v) is 2.98. The lowest BCUT2D eigenvalue weighted by molar-refractivity contribution is -0.124. The first-order valence-corrected chi connectivity index (χ1v) is 6.61. The van der Waals surface area contributed by atoms with Crippen molar-refractivity contribution in [1.29, 1.82) is 0 Å². The van der Waals surface area contributed by atoms with Gasteiger partial charge in [-0.05, 0) is 23.8 Å². The SMILES string of the molecule is Nc1ccccc1CNC(=O)C1CCSC1. The number of carbonyl (C=O) groups is 1. The number of nitrogens with two attached hydrogens (primary N) is 1. The largest absolute Gasteiger partial charge is 0.398 e. The summed E-state index contributed by atoms with van der Waals surface area (Å²) in [6.45, 7) is 0.534. The average Bonchev–Trinajstić information content (AvgIpc) is 2.81. The Morgan fingerprint density at radius 2 is 2.31 bits per heavy atom. The van der Waals surface area contributed by atoms with Gasteiger partial charge in [-0.25, -0.2) is 0 Å². The van der Waals surface area contributed by atoms with Gasteiger partial charge in [0.05, 0.1) is 0 Å². The van der Waals surface area contributed by atoms with Gasteiger partial charge in [0, 0.05) is 23.9 Å². The van der Waals surface area contributed by atoms with E-state index in [1.54, 1.807) is 0 Å². The van der Waals surface area contributed by atoms with Crippen LogP contribution in [0.1, 0.15) is 12.0 Å². The number of benzene rings is 1. The second-order valence-electron chi connectivity index (χ2n) is 3.98. The maximum absolute atomic E-state index is 11.8. The highest BCUT2D eigenvalue weighted by Gasteiger charge is 2.22. The molecule has 3 nitrogen and oxygen atoms in total. The first-order chi connectivity index (χ1) is 7.77. The van der Waals surface area contributed by atoms with E-state index in [9.17, 15) is 4.79 Å². The van der Waals surface area contributed by atoms with Crippen molar-refractivity contribution in [1.82, 2.24) is 5.32 Å².